The van der Waals surface area contributed by atoms with Crippen molar-refractivity contribution in [3.05, 3.63) is 12.3 Å². The van der Waals surface area contributed by atoms with Crippen LogP contribution in [-0.2, 0) is 0 Å². The molecule has 0 unspecified atom stereocenters. The van der Waals surface area contributed by atoms with E-state index >= 15 is 0 Å². The van der Waals surface area contributed by atoms with Gasteiger partial charge in [0.1, 0.15) is 0 Å². The first kappa shape index (κ1) is 16.7. The number of quaternary nitrogens is 1. The van der Waals surface area contributed by atoms with Crippen molar-refractivity contribution in [2.24, 2.45) is 0 Å². The van der Waals surface area contributed by atoms with Gasteiger partial charge in [0.25, 0.3) is 0 Å². The van der Waals surface area contributed by atoms with Crippen molar-refractivity contribution >= 4 is 0 Å². The second-order valence-electron chi connectivity index (χ2n) is 5.24. The first-order valence-electron chi connectivity index (χ1n) is 7.78. The standard InChI is InChI=1S/C16H34N/c1-5-9-13-17(14-10-6-2,15-11-7-3)16-12-8-4/h9,13H,5-8,10-12,14-16H2,1-4H3/q+1/b13-9+. The van der Waals surface area contributed by atoms with E-state index in [1.54, 1.807) is 0 Å². The molecule has 0 bridgehead atoms. The Balaban J connectivity index is 4.57. The molecule has 0 atom stereocenters. The predicted molar refractivity (Wildman–Crippen MR) is 79.0 cm³/mol. The van der Waals surface area contributed by atoms with E-state index in [2.05, 4.69) is 40.0 Å². The van der Waals surface area contributed by atoms with Crippen LogP contribution in [0.3, 0.4) is 0 Å². The molecule has 0 aromatic heterocycles. The molecule has 0 spiro atoms. The third-order valence-corrected chi connectivity index (χ3v) is 3.53. The lowest BCUT2D eigenvalue weighted by atomic mass is 10.2. The SMILES string of the molecule is CC/C=C/[N+](CCCC)(CCCC)CCCC. The molecule has 0 aliphatic heterocycles. The van der Waals surface area contributed by atoms with Crippen LogP contribution in [-0.4, -0.2) is 24.1 Å². The Morgan fingerprint density at radius 2 is 1.12 bits per heavy atom. The van der Waals surface area contributed by atoms with Crippen molar-refractivity contribution in [1.29, 1.82) is 0 Å². The van der Waals surface area contributed by atoms with Gasteiger partial charge in [0.2, 0.25) is 0 Å². The highest BCUT2D eigenvalue weighted by atomic mass is 15.3. The van der Waals surface area contributed by atoms with Crippen LogP contribution < -0.4 is 0 Å². The zero-order valence-corrected chi connectivity index (χ0v) is 12.7. The summed E-state index contributed by atoms with van der Waals surface area (Å²) in [6.07, 6.45) is 14.1. The molecule has 0 saturated heterocycles. The predicted octanol–water partition coefficient (Wildman–Crippen LogP) is 5.13. The van der Waals surface area contributed by atoms with Crippen molar-refractivity contribution in [2.45, 2.75) is 72.6 Å². The molecule has 0 aliphatic rings. The minimum absolute atomic E-state index is 1.17. The van der Waals surface area contributed by atoms with E-state index in [9.17, 15) is 0 Å². The minimum Gasteiger partial charge on any atom is -0.298 e. The number of hydrogen-bond donors (Lipinski definition) is 0. The third kappa shape index (κ3) is 7.59. The van der Waals surface area contributed by atoms with Crippen LogP contribution in [0.15, 0.2) is 12.3 Å². The first-order chi connectivity index (χ1) is 8.24. The van der Waals surface area contributed by atoms with E-state index in [-0.39, 0.29) is 0 Å². The summed E-state index contributed by atoms with van der Waals surface area (Å²) >= 11 is 0. The molecule has 0 heterocycles. The summed E-state index contributed by atoms with van der Waals surface area (Å²) in [5.41, 5.74) is 0. The number of unbranched alkanes of at least 4 members (excludes halogenated alkanes) is 3. The molecule has 0 saturated carbocycles. The molecular weight excluding hydrogens is 206 g/mol. The highest BCUT2D eigenvalue weighted by molar-refractivity contribution is 4.73. The molecule has 0 amide bonds. The molecule has 0 aliphatic carbocycles. The second-order valence-corrected chi connectivity index (χ2v) is 5.24. The zero-order valence-electron chi connectivity index (χ0n) is 12.7. The van der Waals surface area contributed by atoms with Crippen LogP contribution >= 0.6 is 0 Å². The fourth-order valence-electron chi connectivity index (χ4n) is 2.31. The Labute approximate surface area is 109 Å². The molecule has 102 valence electrons. The maximum atomic E-state index is 2.50. The van der Waals surface area contributed by atoms with Gasteiger partial charge >= 0.3 is 0 Å². The van der Waals surface area contributed by atoms with Gasteiger partial charge in [-0.25, -0.2) is 0 Å². The second kappa shape index (κ2) is 10.8. The molecule has 0 radical (unpaired) electrons. The molecule has 0 aromatic carbocycles. The number of allylic oxidation sites excluding steroid dienone is 1. The molecule has 0 N–H and O–H groups in total. The Kier molecular flexibility index (Phi) is 10.6. The van der Waals surface area contributed by atoms with Crippen LogP contribution in [0, 0.1) is 0 Å². The molecule has 0 fully saturated rings. The van der Waals surface area contributed by atoms with Gasteiger partial charge in [0.15, 0.2) is 0 Å². The van der Waals surface area contributed by atoms with Gasteiger partial charge in [0, 0.05) is 0 Å². The lowest BCUT2D eigenvalue weighted by molar-refractivity contribution is -0.880. The summed E-state index contributed by atoms with van der Waals surface area (Å²) in [5.74, 6) is 0. The maximum absolute atomic E-state index is 2.50. The normalized spacial score (nSPS) is 12.5. The number of nitrogens with zero attached hydrogens (tertiary/aromatic N) is 1. The largest absolute Gasteiger partial charge is 0.298 e. The summed E-state index contributed by atoms with van der Waals surface area (Å²) in [6.45, 7) is 13.2. The van der Waals surface area contributed by atoms with Crippen molar-refractivity contribution in [3.8, 4) is 0 Å². The third-order valence-electron chi connectivity index (χ3n) is 3.53. The summed E-state index contributed by atoms with van der Waals surface area (Å²) < 4.78 is 1.24. The van der Waals surface area contributed by atoms with Gasteiger partial charge < -0.3 is 0 Å². The lowest BCUT2D eigenvalue weighted by Gasteiger charge is -2.35. The van der Waals surface area contributed by atoms with Crippen LogP contribution in [0.1, 0.15) is 72.6 Å². The zero-order chi connectivity index (χ0) is 13.0. The van der Waals surface area contributed by atoms with Gasteiger partial charge in [-0.05, 0) is 31.8 Å². The average Bonchev–Trinajstić information content (AvgIpc) is 2.37. The van der Waals surface area contributed by atoms with Crippen molar-refractivity contribution in [1.82, 2.24) is 0 Å². The quantitative estimate of drug-likeness (QED) is 0.439. The highest BCUT2D eigenvalue weighted by Crippen LogP contribution is 2.16. The summed E-state index contributed by atoms with van der Waals surface area (Å²) in [6, 6.07) is 0. The fraction of sp³-hybridized carbons (Fsp3) is 0.875. The van der Waals surface area contributed by atoms with E-state index in [0.717, 1.165) is 0 Å². The molecule has 0 aromatic rings. The van der Waals surface area contributed by atoms with Crippen molar-refractivity contribution in [2.75, 3.05) is 19.6 Å². The fourth-order valence-corrected chi connectivity index (χ4v) is 2.31. The Morgan fingerprint density at radius 1 is 0.706 bits per heavy atom. The molecular formula is C16H34N+. The Morgan fingerprint density at radius 3 is 1.41 bits per heavy atom. The van der Waals surface area contributed by atoms with Crippen molar-refractivity contribution < 1.29 is 4.48 Å². The van der Waals surface area contributed by atoms with E-state index < -0.39 is 0 Å². The van der Waals surface area contributed by atoms with E-state index in [0.29, 0.717) is 0 Å². The lowest BCUT2D eigenvalue weighted by Crippen LogP contribution is -2.45. The smallest absolute Gasteiger partial charge is 0.0918 e. The van der Waals surface area contributed by atoms with E-state index in [4.69, 9.17) is 0 Å². The van der Waals surface area contributed by atoms with Crippen molar-refractivity contribution in [3.63, 3.8) is 0 Å². The molecule has 1 nitrogen and oxygen atoms in total. The van der Waals surface area contributed by atoms with E-state index in [1.165, 1.54) is 69.1 Å². The summed E-state index contributed by atoms with van der Waals surface area (Å²) in [7, 11) is 0. The van der Waals surface area contributed by atoms with E-state index in [1.807, 2.05) is 0 Å². The van der Waals surface area contributed by atoms with Gasteiger partial charge in [-0.1, -0.05) is 47.0 Å². The maximum Gasteiger partial charge on any atom is 0.0918 e. The summed E-state index contributed by atoms with van der Waals surface area (Å²) in [4.78, 5) is 0. The van der Waals surface area contributed by atoms with Gasteiger partial charge in [0.05, 0.1) is 25.8 Å². The molecule has 17 heavy (non-hydrogen) atoms. The topological polar surface area (TPSA) is 0 Å². The van der Waals surface area contributed by atoms with Gasteiger partial charge in [-0.2, -0.15) is 0 Å². The number of rotatable bonds is 11. The van der Waals surface area contributed by atoms with Crippen LogP contribution in [0.4, 0.5) is 0 Å². The highest BCUT2D eigenvalue weighted by Gasteiger charge is 2.22. The summed E-state index contributed by atoms with van der Waals surface area (Å²) in [5, 5.41) is 0. The van der Waals surface area contributed by atoms with Crippen LogP contribution in [0.25, 0.3) is 0 Å². The first-order valence-corrected chi connectivity index (χ1v) is 7.78. The minimum atomic E-state index is 1.17. The molecule has 1 heteroatoms. The Bertz CT molecular complexity index is 162. The Hall–Kier alpha value is -0.300. The monoisotopic (exact) mass is 240 g/mol. The average molecular weight is 240 g/mol. The number of hydrogen-bond acceptors (Lipinski definition) is 0. The van der Waals surface area contributed by atoms with Crippen LogP contribution in [0.5, 0.6) is 0 Å². The van der Waals surface area contributed by atoms with Gasteiger partial charge in [-0.3, -0.25) is 4.48 Å². The van der Waals surface area contributed by atoms with Gasteiger partial charge in [-0.15, -0.1) is 0 Å². The van der Waals surface area contributed by atoms with Crippen LogP contribution in [0.2, 0.25) is 0 Å². The molecule has 0 rings (SSSR count).